The zero-order chi connectivity index (χ0) is 15.4. The lowest BCUT2D eigenvalue weighted by molar-refractivity contribution is 0.251. The van der Waals surface area contributed by atoms with Crippen LogP contribution in [0.15, 0.2) is 24.3 Å². The summed E-state index contributed by atoms with van der Waals surface area (Å²) in [6.45, 7) is 0.156. The quantitative estimate of drug-likeness (QED) is 0.844. The Hall–Kier alpha value is -1.95. The second-order valence-electron chi connectivity index (χ2n) is 5.35. The molecule has 0 unspecified atom stereocenters. The molecule has 1 aromatic heterocycles. The number of carbonyl (C=O) groups excluding carboxylic acids is 1. The van der Waals surface area contributed by atoms with E-state index in [-0.39, 0.29) is 18.4 Å². The number of fused-ring (bicyclic) bond motifs is 1. The van der Waals surface area contributed by atoms with Gasteiger partial charge in [-0.25, -0.2) is 14.2 Å². The van der Waals surface area contributed by atoms with Crippen LogP contribution in [0, 0.1) is 5.82 Å². The summed E-state index contributed by atoms with van der Waals surface area (Å²) in [6.07, 6.45) is 5.63. The fourth-order valence-corrected chi connectivity index (χ4v) is 3.59. The Morgan fingerprint density at radius 3 is 2.91 bits per heavy atom. The summed E-state index contributed by atoms with van der Waals surface area (Å²) in [5.41, 5.74) is 1.58. The minimum Gasteiger partial charge on any atom is -0.334 e. The lowest BCUT2D eigenvalue weighted by Gasteiger charge is -2.06. The molecule has 22 heavy (non-hydrogen) atoms. The van der Waals surface area contributed by atoms with Crippen LogP contribution in [0.4, 0.5) is 14.3 Å². The van der Waals surface area contributed by atoms with Crippen LogP contribution in [0.1, 0.15) is 35.4 Å². The maximum absolute atomic E-state index is 13.5. The molecule has 1 aromatic carbocycles. The average molecular weight is 319 g/mol. The van der Waals surface area contributed by atoms with Gasteiger partial charge in [0.15, 0.2) is 5.13 Å². The second kappa shape index (κ2) is 6.87. The lowest BCUT2D eigenvalue weighted by atomic mass is 10.2. The first-order valence-corrected chi connectivity index (χ1v) is 8.31. The predicted octanol–water partition coefficient (Wildman–Crippen LogP) is 3.87. The van der Waals surface area contributed by atoms with E-state index in [0.29, 0.717) is 10.7 Å². The summed E-state index contributed by atoms with van der Waals surface area (Å²) in [7, 11) is 0. The van der Waals surface area contributed by atoms with Gasteiger partial charge in [0.05, 0.1) is 5.69 Å². The molecule has 0 radical (unpaired) electrons. The number of rotatable bonds is 3. The average Bonchev–Trinajstić information content (AvgIpc) is 2.75. The third-order valence-electron chi connectivity index (χ3n) is 3.71. The molecular weight excluding hydrogens is 301 g/mol. The molecule has 6 heteroatoms. The SMILES string of the molecule is O=C(NCc1ccccc1F)Nc1nc2c(s1)CCCCC2. The van der Waals surface area contributed by atoms with E-state index >= 15 is 0 Å². The Morgan fingerprint density at radius 1 is 1.23 bits per heavy atom. The molecule has 0 saturated heterocycles. The molecule has 116 valence electrons. The van der Waals surface area contributed by atoms with Crippen LogP contribution in [0.3, 0.4) is 0 Å². The summed E-state index contributed by atoms with van der Waals surface area (Å²) < 4.78 is 13.5. The van der Waals surface area contributed by atoms with Gasteiger partial charge in [-0.05, 0) is 31.7 Å². The minimum absolute atomic E-state index is 0.156. The highest BCUT2D eigenvalue weighted by Gasteiger charge is 2.15. The lowest BCUT2D eigenvalue weighted by Crippen LogP contribution is -2.28. The van der Waals surface area contributed by atoms with Crippen LogP contribution >= 0.6 is 11.3 Å². The topological polar surface area (TPSA) is 54.0 Å². The fourth-order valence-electron chi connectivity index (χ4n) is 2.54. The van der Waals surface area contributed by atoms with Gasteiger partial charge in [0, 0.05) is 17.0 Å². The molecule has 2 aromatic rings. The standard InChI is InChI=1S/C16H18FN3OS/c17-12-7-5-4-6-11(12)10-18-15(21)20-16-19-13-8-2-1-3-9-14(13)22-16/h4-7H,1-3,8-10H2,(H2,18,19,20,21). The summed E-state index contributed by atoms with van der Waals surface area (Å²) >= 11 is 1.54. The van der Waals surface area contributed by atoms with Crippen LogP contribution in [-0.4, -0.2) is 11.0 Å². The highest BCUT2D eigenvalue weighted by molar-refractivity contribution is 7.15. The van der Waals surface area contributed by atoms with Crippen molar-refractivity contribution in [3.63, 3.8) is 0 Å². The number of benzene rings is 1. The van der Waals surface area contributed by atoms with Gasteiger partial charge in [0.2, 0.25) is 0 Å². The first kappa shape index (κ1) is 15.0. The van der Waals surface area contributed by atoms with E-state index < -0.39 is 0 Å². The molecule has 0 atom stereocenters. The third-order valence-corrected chi connectivity index (χ3v) is 4.79. The zero-order valence-corrected chi connectivity index (χ0v) is 13.0. The van der Waals surface area contributed by atoms with Gasteiger partial charge >= 0.3 is 6.03 Å². The maximum atomic E-state index is 13.5. The zero-order valence-electron chi connectivity index (χ0n) is 12.2. The van der Waals surface area contributed by atoms with Crippen molar-refractivity contribution in [2.45, 2.75) is 38.6 Å². The maximum Gasteiger partial charge on any atom is 0.321 e. The Bertz CT molecular complexity index is 648. The number of halogens is 1. The number of hydrogen-bond acceptors (Lipinski definition) is 3. The highest BCUT2D eigenvalue weighted by atomic mass is 32.1. The number of urea groups is 1. The highest BCUT2D eigenvalue weighted by Crippen LogP contribution is 2.28. The first-order valence-electron chi connectivity index (χ1n) is 7.49. The molecule has 3 rings (SSSR count). The van der Waals surface area contributed by atoms with Crippen LogP contribution in [0.5, 0.6) is 0 Å². The van der Waals surface area contributed by atoms with E-state index in [2.05, 4.69) is 15.6 Å². The van der Waals surface area contributed by atoms with E-state index in [9.17, 15) is 9.18 Å². The molecule has 1 aliphatic carbocycles. The Balaban J connectivity index is 1.57. The molecule has 2 amide bonds. The van der Waals surface area contributed by atoms with Crippen LogP contribution in [0.2, 0.25) is 0 Å². The van der Waals surface area contributed by atoms with Crippen LogP contribution < -0.4 is 10.6 Å². The summed E-state index contributed by atoms with van der Waals surface area (Å²) in [4.78, 5) is 17.7. The van der Waals surface area contributed by atoms with E-state index in [1.54, 1.807) is 29.5 Å². The van der Waals surface area contributed by atoms with Gasteiger partial charge in [-0.1, -0.05) is 24.6 Å². The largest absolute Gasteiger partial charge is 0.334 e. The fraction of sp³-hybridized carbons (Fsp3) is 0.375. The molecule has 0 fully saturated rings. The van der Waals surface area contributed by atoms with Crippen molar-refractivity contribution >= 4 is 22.5 Å². The normalized spacial score (nSPS) is 14.0. The molecule has 0 aliphatic heterocycles. The van der Waals surface area contributed by atoms with E-state index in [4.69, 9.17) is 0 Å². The summed E-state index contributed by atoms with van der Waals surface area (Å²) in [6, 6.07) is 6.05. The van der Waals surface area contributed by atoms with Crippen LogP contribution in [-0.2, 0) is 19.4 Å². The van der Waals surface area contributed by atoms with E-state index in [1.165, 1.54) is 23.8 Å². The van der Waals surface area contributed by atoms with Gasteiger partial charge in [-0.15, -0.1) is 11.3 Å². The summed E-state index contributed by atoms with van der Waals surface area (Å²) in [5, 5.41) is 6.02. The van der Waals surface area contributed by atoms with Gasteiger partial charge in [0.1, 0.15) is 5.82 Å². The monoisotopic (exact) mass is 319 g/mol. The third kappa shape index (κ3) is 3.62. The smallest absolute Gasteiger partial charge is 0.321 e. The molecule has 1 aliphatic rings. The number of aryl methyl sites for hydroxylation is 2. The molecule has 1 heterocycles. The number of nitrogens with zero attached hydrogens (tertiary/aromatic N) is 1. The number of nitrogens with one attached hydrogen (secondary N) is 2. The van der Waals surface area contributed by atoms with E-state index in [0.717, 1.165) is 25.0 Å². The van der Waals surface area contributed by atoms with Gasteiger partial charge in [-0.3, -0.25) is 5.32 Å². The second-order valence-corrected chi connectivity index (χ2v) is 6.43. The number of amides is 2. The van der Waals surface area contributed by atoms with Gasteiger partial charge in [-0.2, -0.15) is 0 Å². The predicted molar refractivity (Wildman–Crippen MR) is 85.6 cm³/mol. The number of carbonyl (C=O) groups is 1. The number of aromatic nitrogens is 1. The Kier molecular flexibility index (Phi) is 4.68. The van der Waals surface area contributed by atoms with Crippen molar-refractivity contribution in [2.24, 2.45) is 0 Å². The number of thiazole rings is 1. The number of anilines is 1. The van der Waals surface area contributed by atoms with Gasteiger partial charge < -0.3 is 5.32 Å². The van der Waals surface area contributed by atoms with Crippen molar-refractivity contribution in [3.8, 4) is 0 Å². The molecule has 4 nitrogen and oxygen atoms in total. The summed E-state index contributed by atoms with van der Waals surface area (Å²) in [5.74, 6) is -0.316. The van der Waals surface area contributed by atoms with Crippen molar-refractivity contribution in [2.75, 3.05) is 5.32 Å². The molecule has 0 spiro atoms. The molecule has 0 bridgehead atoms. The van der Waals surface area contributed by atoms with Gasteiger partial charge in [0.25, 0.3) is 0 Å². The molecule has 2 N–H and O–H groups in total. The Morgan fingerprint density at radius 2 is 2.05 bits per heavy atom. The first-order chi connectivity index (χ1) is 10.7. The minimum atomic E-state index is -0.354. The van der Waals surface area contributed by atoms with Crippen molar-refractivity contribution in [3.05, 3.63) is 46.2 Å². The number of hydrogen-bond donors (Lipinski definition) is 2. The molecule has 0 saturated carbocycles. The Labute approximate surface area is 132 Å². The van der Waals surface area contributed by atoms with Crippen molar-refractivity contribution < 1.29 is 9.18 Å². The molecular formula is C16H18FN3OS. The van der Waals surface area contributed by atoms with Crippen LogP contribution in [0.25, 0.3) is 0 Å². The van der Waals surface area contributed by atoms with Crippen molar-refractivity contribution in [1.82, 2.24) is 10.3 Å². The van der Waals surface area contributed by atoms with E-state index in [1.807, 2.05) is 0 Å². The van der Waals surface area contributed by atoms with Crippen molar-refractivity contribution in [1.29, 1.82) is 0 Å².